The molecule has 0 spiro atoms. The van der Waals surface area contributed by atoms with Crippen LogP contribution in [0.15, 0.2) is 29.1 Å². The molecule has 2 aromatic rings. The predicted octanol–water partition coefficient (Wildman–Crippen LogP) is 4.69. The number of aryl methyl sites for hydroxylation is 2. The van der Waals surface area contributed by atoms with Gasteiger partial charge in [0.2, 0.25) is 0 Å². The van der Waals surface area contributed by atoms with Crippen molar-refractivity contribution >= 4 is 0 Å². The fraction of sp³-hybridized carbons (Fsp3) is 0.450. The Hall–Kier alpha value is -0.996. The first-order chi connectivity index (χ1) is 11.1. The molecule has 0 amide bonds. The molecule has 1 aliphatic carbocycles. The zero-order valence-electron chi connectivity index (χ0n) is 16.0. The second kappa shape index (κ2) is 10.9. The van der Waals surface area contributed by atoms with Gasteiger partial charge >= 0.3 is 0 Å². The average Bonchev–Trinajstić information content (AvgIpc) is 2.52. The Bertz CT molecular complexity index is 737. The van der Waals surface area contributed by atoms with E-state index in [1.807, 2.05) is 52.0 Å². The number of rotatable bonds is 3. The molecule has 135 valence electrons. The SMILES string of the molecule is CC.CCc1nn(C2CCC2)c(=O)c(-c2ccccc2C)c1O.[CH3-].[Y]. The van der Waals surface area contributed by atoms with Crippen LogP contribution in [0, 0.1) is 14.4 Å². The Balaban J connectivity index is 0.00000139. The van der Waals surface area contributed by atoms with Crippen LogP contribution in [-0.4, -0.2) is 14.9 Å². The molecule has 0 bridgehead atoms. The summed E-state index contributed by atoms with van der Waals surface area (Å²) in [5.74, 6) is 0.0346. The van der Waals surface area contributed by atoms with E-state index in [1.54, 1.807) is 4.68 Å². The molecule has 1 aliphatic rings. The van der Waals surface area contributed by atoms with Crippen LogP contribution in [0.4, 0.5) is 0 Å². The van der Waals surface area contributed by atoms with Gasteiger partial charge in [-0.2, -0.15) is 5.10 Å². The van der Waals surface area contributed by atoms with Crippen LogP contribution in [0.5, 0.6) is 5.75 Å². The largest absolute Gasteiger partial charge is 0.505 e. The Morgan fingerprint density at radius 3 is 2.32 bits per heavy atom. The Kier molecular flexibility index (Phi) is 10.4. The fourth-order valence-corrected chi connectivity index (χ4v) is 2.80. The molecule has 1 aromatic heterocycles. The third-order valence-electron chi connectivity index (χ3n) is 4.33. The summed E-state index contributed by atoms with van der Waals surface area (Å²) in [6, 6.07) is 7.85. The van der Waals surface area contributed by atoms with E-state index in [4.69, 9.17) is 0 Å². The Morgan fingerprint density at radius 2 is 1.84 bits per heavy atom. The minimum Gasteiger partial charge on any atom is -0.505 e. The van der Waals surface area contributed by atoms with Crippen molar-refractivity contribution in [1.29, 1.82) is 0 Å². The molecular formula is C20H29N2O2Y-. The average molecular weight is 418 g/mol. The molecule has 1 radical (unpaired) electrons. The van der Waals surface area contributed by atoms with Crippen LogP contribution < -0.4 is 5.56 Å². The van der Waals surface area contributed by atoms with Crippen molar-refractivity contribution in [3.05, 3.63) is 53.3 Å². The van der Waals surface area contributed by atoms with E-state index < -0.39 is 0 Å². The molecule has 3 rings (SSSR count). The summed E-state index contributed by atoms with van der Waals surface area (Å²) in [6.07, 6.45) is 3.74. The van der Waals surface area contributed by atoms with Gasteiger partial charge in [0.1, 0.15) is 5.69 Å². The van der Waals surface area contributed by atoms with Gasteiger partial charge in [0.25, 0.3) is 5.56 Å². The van der Waals surface area contributed by atoms with Gasteiger partial charge in [-0.05, 0) is 43.7 Å². The van der Waals surface area contributed by atoms with Crippen molar-refractivity contribution in [3.8, 4) is 16.9 Å². The van der Waals surface area contributed by atoms with Gasteiger partial charge in [0.15, 0.2) is 5.75 Å². The third-order valence-corrected chi connectivity index (χ3v) is 4.33. The Morgan fingerprint density at radius 1 is 1.24 bits per heavy atom. The minimum atomic E-state index is -0.177. The number of aromatic nitrogens is 2. The van der Waals surface area contributed by atoms with Gasteiger partial charge in [0.05, 0.1) is 11.6 Å². The van der Waals surface area contributed by atoms with Crippen molar-refractivity contribution < 1.29 is 37.8 Å². The van der Waals surface area contributed by atoms with Crippen molar-refractivity contribution in [2.45, 2.75) is 59.4 Å². The number of benzene rings is 1. The zero-order chi connectivity index (χ0) is 17.0. The molecule has 0 atom stereocenters. The van der Waals surface area contributed by atoms with Gasteiger partial charge in [-0.3, -0.25) is 4.79 Å². The molecule has 1 heterocycles. The molecule has 1 fully saturated rings. The number of nitrogens with zero attached hydrogens (tertiary/aromatic N) is 2. The summed E-state index contributed by atoms with van der Waals surface area (Å²) in [6.45, 7) is 7.90. The standard InChI is InChI=1S/C17H20N2O2.C2H6.CH3.Y/c1-3-14-16(20)15(13-10-5-4-7-11(13)2)17(21)19(18-14)12-8-6-9-12;1-2;;/h4-5,7,10,12,20H,3,6,8-9H2,1-2H3;1-2H3;1H3;/q;;-1;. The maximum Gasteiger partial charge on any atom is 0.278 e. The second-order valence-electron chi connectivity index (χ2n) is 5.67. The summed E-state index contributed by atoms with van der Waals surface area (Å²) in [5.41, 5.74) is 2.60. The van der Waals surface area contributed by atoms with Crippen LogP contribution in [-0.2, 0) is 39.1 Å². The summed E-state index contributed by atoms with van der Waals surface area (Å²) < 4.78 is 1.59. The van der Waals surface area contributed by atoms with Crippen LogP contribution in [0.1, 0.15) is 57.3 Å². The van der Waals surface area contributed by atoms with Gasteiger partial charge < -0.3 is 12.5 Å². The molecule has 5 heteroatoms. The number of hydrogen-bond donors (Lipinski definition) is 1. The van der Waals surface area contributed by atoms with Crippen LogP contribution in [0.25, 0.3) is 11.1 Å². The smallest absolute Gasteiger partial charge is 0.278 e. The van der Waals surface area contributed by atoms with Gasteiger partial charge in [0, 0.05) is 32.7 Å². The molecule has 1 saturated carbocycles. The van der Waals surface area contributed by atoms with E-state index >= 15 is 0 Å². The minimum absolute atomic E-state index is 0. The maximum atomic E-state index is 12.8. The molecule has 1 N–H and O–H groups in total. The molecule has 4 nitrogen and oxygen atoms in total. The van der Waals surface area contributed by atoms with Crippen molar-refractivity contribution in [2.75, 3.05) is 0 Å². The van der Waals surface area contributed by atoms with Crippen LogP contribution in [0.3, 0.4) is 0 Å². The van der Waals surface area contributed by atoms with Gasteiger partial charge in [-0.15, -0.1) is 0 Å². The normalized spacial score (nSPS) is 12.8. The van der Waals surface area contributed by atoms with Gasteiger partial charge in [-0.25, -0.2) is 4.68 Å². The van der Waals surface area contributed by atoms with Crippen molar-refractivity contribution in [2.24, 2.45) is 0 Å². The fourth-order valence-electron chi connectivity index (χ4n) is 2.80. The summed E-state index contributed by atoms with van der Waals surface area (Å²) in [7, 11) is 0. The molecule has 1 aromatic carbocycles. The topological polar surface area (TPSA) is 55.1 Å². The molecule has 0 unspecified atom stereocenters. The van der Waals surface area contributed by atoms with E-state index in [1.165, 1.54) is 0 Å². The molecule has 0 aliphatic heterocycles. The second-order valence-corrected chi connectivity index (χ2v) is 5.67. The zero-order valence-corrected chi connectivity index (χ0v) is 18.9. The Labute approximate surface area is 176 Å². The molecular weight excluding hydrogens is 389 g/mol. The van der Waals surface area contributed by atoms with E-state index in [2.05, 4.69) is 5.10 Å². The first kappa shape index (κ1) is 24.0. The first-order valence-corrected chi connectivity index (χ1v) is 8.54. The van der Waals surface area contributed by atoms with Crippen molar-refractivity contribution in [1.82, 2.24) is 9.78 Å². The van der Waals surface area contributed by atoms with E-state index in [0.29, 0.717) is 17.7 Å². The van der Waals surface area contributed by atoms with E-state index in [9.17, 15) is 9.90 Å². The summed E-state index contributed by atoms with van der Waals surface area (Å²) in [4.78, 5) is 12.8. The van der Waals surface area contributed by atoms with Crippen LogP contribution >= 0.6 is 0 Å². The van der Waals surface area contributed by atoms with Crippen LogP contribution in [0.2, 0.25) is 0 Å². The maximum absolute atomic E-state index is 12.8. The molecule has 0 saturated heterocycles. The van der Waals surface area contributed by atoms with Gasteiger partial charge in [-0.1, -0.05) is 45.0 Å². The van der Waals surface area contributed by atoms with Crippen molar-refractivity contribution in [3.63, 3.8) is 0 Å². The quantitative estimate of drug-likeness (QED) is 0.737. The number of aromatic hydroxyl groups is 1. The summed E-state index contributed by atoms with van der Waals surface area (Å²) >= 11 is 0. The van der Waals surface area contributed by atoms with E-state index in [-0.39, 0.29) is 57.5 Å². The predicted molar refractivity (Wildman–Crippen MR) is 100 cm³/mol. The monoisotopic (exact) mass is 418 g/mol. The molecule has 25 heavy (non-hydrogen) atoms. The number of hydrogen-bond acceptors (Lipinski definition) is 3. The first-order valence-electron chi connectivity index (χ1n) is 8.54. The van der Waals surface area contributed by atoms with E-state index in [0.717, 1.165) is 30.4 Å². The summed E-state index contributed by atoms with van der Waals surface area (Å²) in [5, 5.41) is 14.9. The third kappa shape index (κ3) is 4.80.